The van der Waals surface area contributed by atoms with Crippen LogP contribution in [0.1, 0.15) is 13.3 Å². The summed E-state index contributed by atoms with van der Waals surface area (Å²) in [6.07, 6.45) is -0.179. The van der Waals surface area contributed by atoms with Crippen LogP contribution in [0.5, 0.6) is 5.75 Å². The van der Waals surface area contributed by atoms with Gasteiger partial charge in [0.05, 0.1) is 18.4 Å². The van der Waals surface area contributed by atoms with Gasteiger partial charge in [-0.2, -0.15) is 5.26 Å². The Kier molecular flexibility index (Phi) is 4.94. The molecule has 4 heteroatoms. The molecule has 0 aromatic heterocycles. The average molecular weight is 280 g/mol. The van der Waals surface area contributed by atoms with Gasteiger partial charge in [-0.3, -0.25) is 4.79 Å². The summed E-state index contributed by atoms with van der Waals surface area (Å²) in [4.78, 5) is 11.6. The molecule has 0 unspecified atom stereocenters. The van der Waals surface area contributed by atoms with Gasteiger partial charge in [-0.25, -0.2) is 0 Å². The number of nitrogens with zero attached hydrogens (tertiary/aromatic N) is 1. The maximum absolute atomic E-state index is 11.6. The Morgan fingerprint density at radius 2 is 1.95 bits per heavy atom. The van der Waals surface area contributed by atoms with Gasteiger partial charge in [-0.15, -0.1) is 0 Å². The molecule has 0 heterocycles. The van der Waals surface area contributed by atoms with Gasteiger partial charge in [0.15, 0.2) is 0 Å². The number of carbonyl (C=O) groups is 1. The summed E-state index contributed by atoms with van der Waals surface area (Å²) in [5, 5.41) is 11.3. The molecule has 2 rings (SSSR count). The predicted octanol–water partition coefficient (Wildman–Crippen LogP) is 3.60. The lowest BCUT2D eigenvalue weighted by atomic mass is 10.0. The summed E-state index contributed by atoms with van der Waals surface area (Å²) < 4.78 is 5.51. The molecule has 2 aromatic carbocycles. The van der Waals surface area contributed by atoms with Gasteiger partial charge >= 0.3 is 0 Å². The van der Waals surface area contributed by atoms with Crippen molar-refractivity contribution < 1.29 is 9.53 Å². The molecule has 0 radical (unpaired) electrons. The topological polar surface area (TPSA) is 62.1 Å². The molecule has 4 nitrogen and oxygen atoms in total. The Bertz CT molecular complexity index is 660. The molecule has 2 aromatic rings. The van der Waals surface area contributed by atoms with Crippen molar-refractivity contribution in [3.05, 3.63) is 48.5 Å². The number of rotatable bonds is 5. The Labute approximate surface area is 124 Å². The van der Waals surface area contributed by atoms with Crippen molar-refractivity contribution in [1.82, 2.24) is 0 Å². The molecule has 1 amide bonds. The number of anilines is 1. The Hall–Kier alpha value is -2.80. The lowest BCUT2D eigenvalue weighted by Gasteiger charge is -2.13. The second-order valence-electron chi connectivity index (χ2n) is 4.39. The highest BCUT2D eigenvalue weighted by Crippen LogP contribution is 2.30. The highest BCUT2D eigenvalue weighted by atomic mass is 16.5. The Morgan fingerprint density at radius 1 is 1.19 bits per heavy atom. The van der Waals surface area contributed by atoms with Crippen molar-refractivity contribution >= 4 is 11.6 Å². The van der Waals surface area contributed by atoms with Crippen molar-refractivity contribution in [2.75, 3.05) is 11.9 Å². The monoisotopic (exact) mass is 280 g/mol. The highest BCUT2D eigenvalue weighted by molar-refractivity contribution is 5.94. The summed E-state index contributed by atoms with van der Waals surface area (Å²) in [5.74, 6) is 0.257. The summed E-state index contributed by atoms with van der Waals surface area (Å²) in [7, 11) is 0. The minimum absolute atomic E-state index is 0.179. The summed E-state index contributed by atoms with van der Waals surface area (Å²) in [6.45, 7) is 2.39. The number of amides is 1. The second kappa shape index (κ2) is 7.11. The lowest BCUT2D eigenvalue weighted by molar-refractivity contribution is -0.115. The quantitative estimate of drug-likeness (QED) is 0.910. The maximum Gasteiger partial charge on any atom is 0.238 e. The van der Waals surface area contributed by atoms with Crippen LogP contribution in [0.2, 0.25) is 0 Å². The summed E-state index contributed by atoms with van der Waals surface area (Å²) in [5.41, 5.74) is 2.61. The van der Waals surface area contributed by atoms with Gasteiger partial charge in [0.1, 0.15) is 12.2 Å². The van der Waals surface area contributed by atoms with Gasteiger partial charge in [0, 0.05) is 0 Å². The van der Waals surface area contributed by atoms with Crippen LogP contribution in [0.15, 0.2) is 48.5 Å². The molecule has 0 aliphatic carbocycles. The SMILES string of the molecule is CCOc1ccc(-c2ccccc2)cc1NC(=O)CC#N. The molecule has 106 valence electrons. The fourth-order valence-corrected chi connectivity index (χ4v) is 1.99. The third-order valence-corrected chi connectivity index (χ3v) is 2.90. The zero-order valence-corrected chi connectivity index (χ0v) is 11.8. The molecule has 0 saturated carbocycles. The largest absolute Gasteiger partial charge is 0.492 e. The number of nitrogens with one attached hydrogen (secondary N) is 1. The van der Waals surface area contributed by atoms with Crippen molar-refractivity contribution in [2.24, 2.45) is 0 Å². The third-order valence-electron chi connectivity index (χ3n) is 2.90. The first-order valence-electron chi connectivity index (χ1n) is 6.73. The van der Waals surface area contributed by atoms with Gasteiger partial charge in [0.2, 0.25) is 5.91 Å². The van der Waals surface area contributed by atoms with E-state index in [0.717, 1.165) is 11.1 Å². The van der Waals surface area contributed by atoms with Crippen LogP contribution < -0.4 is 10.1 Å². The van der Waals surface area contributed by atoms with E-state index in [1.165, 1.54) is 0 Å². The van der Waals surface area contributed by atoms with E-state index in [1.54, 1.807) is 0 Å². The molecular weight excluding hydrogens is 264 g/mol. The number of nitriles is 1. The number of ether oxygens (including phenoxy) is 1. The van der Waals surface area contributed by atoms with Gasteiger partial charge in [-0.1, -0.05) is 36.4 Å². The molecule has 0 saturated heterocycles. The van der Waals surface area contributed by atoms with E-state index in [0.29, 0.717) is 18.0 Å². The average Bonchev–Trinajstić information content (AvgIpc) is 2.50. The fraction of sp³-hybridized carbons (Fsp3) is 0.176. The Morgan fingerprint density at radius 3 is 2.62 bits per heavy atom. The van der Waals surface area contributed by atoms with Crippen LogP contribution in [0.4, 0.5) is 5.69 Å². The van der Waals surface area contributed by atoms with Crippen LogP contribution in [0, 0.1) is 11.3 Å². The zero-order valence-electron chi connectivity index (χ0n) is 11.8. The van der Waals surface area contributed by atoms with E-state index in [2.05, 4.69) is 5.32 Å². The summed E-state index contributed by atoms with van der Waals surface area (Å²) in [6, 6.07) is 17.3. The minimum atomic E-state index is -0.344. The molecule has 21 heavy (non-hydrogen) atoms. The van der Waals surface area contributed by atoms with Crippen LogP contribution >= 0.6 is 0 Å². The van der Waals surface area contributed by atoms with E-state index in [1.807, 2.05) is 61.5 Å². The molecule has 0 fully saturated rings. The second-order valence-corrected chi connectivity index (χ2v) is 4.39. The lowest BCUT2D eigenvalue weighted by Crippen LogP contribution is -2.11. The van der Waals surface area contributed by atoms with Crippen LogP contribution in [0.25, 0.3) is 11.1 Å². The van der Waals surface area contributed by atoms with E-state index in [9.17, 15) is 4.79 Å². The molecule has 0 aliphatic heterocycles. The van der Waals surface area contributed by atoms with E-state index < -0.39 is 0 Å². The summed E-state index contributed by atoms with van der Waals surface area (Å²) >= 11 is 0. The van der Waals surface area contributed by atoms with Crippen molar-refractivity contribution in [3.8, 4) is 22.9 Å². The van der Waals surface area contributed by atoms with Crippen molar-refractivity contribution in [3.63, 3.8) is 0 Å². The van der Waals surface area contributed by atoms with Crippen LogP contribution in [-0.4, -0.2) is 12.5 Å². The minimum Gasteiger partial charge on any atom is -0.492 e. The molecule has 0 atom stereocenters. The molecule has 0 spiro atoms. The fourth-order valence-electron chi connectivity index (χ4n) is 1.99. The standard InChI is InChI=1S/C17H16N2O2/c1-2-21-16-9-8-14(13-6-4-3-5-7-13)12-15(16)19-17(20)10-11-18/h3-9,12H,2,10H2,1H3,(H,19,20). The van der Waals surface area contributed by atoms with Crippen LogP contribution in [-0.2, 0) is 4.79 Å². The number of benzene rings is 2. The predicted molar refractivity (Wildman–Crippen MR) is 81.9 cm³/mol. The maximum atomic E-state index is 11.6. The number of hydrogen-bond donors (Lipinski definition) is 1. The first-order valence-corrected chi connectivity index (χ1v) is 6.73. The van der Waals surface area contributed by atoms with Crippen molar-refractivity contribution in [1.29, 1.82) is 5.26 Å². The van der Waals surface area contributed by atoms with Crippen molar-refractivity contribution in [2.45, 2.75) is 13.3 Å². The number of carbonyl (C=O) groups excluding carboxylic acids is 1. The Balaban J connectivity index is 2.35. The normalized spacial score (nSPS) is 9.71. The zero-order chi connectivity index (χ0) is 15.1. The molecular formula is C17H16N2O2. The molecule has 0 aliphatic rings. The van der Waals surface area contributed by atoms with Crippen LogP contribution in [0.3, 0.4) is 0 Å². The first kappa shape index (κ1) is 14.6. The van der Waals surface area contributed by atoms with E-state index in [4.69, 9.17) is 10.00 Å². The van der Waals surface area contributed by atoms with E-state index in [-0.39, 0.29) is 12.3 Å². The smallest absolute Gasteiger partial charge is 0.238 e. The van der Waals surface area contributed by atoms with Gasteiger partial charge < -0.3 is 10.1 Å². The van der Waals surface area contributed by atoms with Gasteiger partial charge in [0.25, 0.3) is 0 Å². The third kappa shape index (κ3) is 3.83. The van der Waals surface area contributed by atoms with E-state index >= 15 is 0 Å². The number of hydrogen-bond acceptors (Lipinski definition) is 3. The highest BCUT2D eigenvalue weighted by Gasteiger charge is 2.09. The first-order chi connectivity index (χ1) is 10.2. The molecule has 0 bridgehead atoms. The molecule has 1 N–H and O–H groups in total. The van der Waals surface area contributed by atoms with Gasteiger partial charge in [-0.05, 0) is 30.2 Å².